The zero-order valence-electron chi connectivity index (χ0n) is 11.8. The molecule has 1 aromatic heterocycles. The van der Waals surface area contributed by atoms with Crippen molar-refractivity contribution in [2.24, 2.45) is 5.73 Å². The Morgan fingerprint density at radius 2 is 2.20 bits per heavy atom. The molecule has 20 heavy (non-hydrogen) atoms. The third-order valence-electron chi connectivity index (χ3n) is 4.27. The lowest BCUT2D eigenvalue weighted by molar-refractivity contribution is 0.247. The highest BCUT2D eigenvalue weighted by Crippen LogP contribution is 2.29. The lowest BCUT2D eigenvalue weighted by Crippen LogP contribution is -2.35. The number of pyridine rings is 1. The van der Waals surface area contributed by atoms with E-state index < -0.39 is 0 Å². The maximum absolute atomic E-state index is 6.52. The lowest BCUT2D eigenvalue weighted by Gasteiger charge is -2.23. The minimum atomic E-state index is 0.472. The van der Waals surface area contributed by atoms with Gasteiger partial charge in [0.05, 0.1) is 16.2 Å². The van der Waals surface area contributed by atoms with Crippen molar-refractivity contribution in [2.75, 3.05) is 13.1 Å². The number of halogens is 1. The first-order valence-corrected chi connectivity index (χ1v) is 7.56. The lowest BCUT2D eigenvalue weighted by atomic mass is 10.1. The number of benzene rings is 1. The number of nitrogens with two attached hydrogens (primary N) is 1. The number of likely N-dealkylation sites (tertiary alicyclic amines) is 1. The van der Waals surface area contributed by atoms with E-state index in [0.717, 1.165) is 40.3 Å². The van der Waals surface area contributed by atoms with Gasteiger partial charge in [0.1, 0.15) is 0 Å². The molecule has 1 fully saturated rings. The van der Waals surface area contributed by atoms with Crippen LogP contribution in [-0.4, -0.2) is 29.0 Å². The molecule has 2 N–H and O–H groups in total. The van der Waals surface area contributed by atoms with E-state index in [1.54, 1.807) is 0 Å². The van der Waals surface area contributed by atoms with E-state index in [1.807, 2.05) is 18.2 Å². The van der Waals surface area contributed by atoms with Crippen molar-refractivity contribution in [3.8, 4) is 0 Å². The van der Waals surface area contributed by atoms with Crippen molar-refractivity contribution in [2.45, 2.75) is 32.4 Å². The van der Waals surface area contributed by atoms with Crippen LogP contribution >= 0.6 is 11.6 Å². The molecular weight excluding hydrogens is 270 g/mol. The molecule has 4 heteroatoms. The smallest absolute Gasteiger partial charge is 0.0740 e. The molecule has 1 aromatic carbocycles. The largest absolute Gasteiger partial charge is 0.329 e. The molecule has 2 aromatic rings. The SMILES string of the molecule is Cc1c(Cl)c(CN2CCCC2CN)nc2ccccc12. The van der Waals surface area contributed by atoms with E-state index in [2.05, 4.69) is 17.9 Å². The van der Waals surface area contributed by atoms with Gasteiger partial charge in [-0.3, -0.25) is 4.90 Å². The summed E-state index contributed by atoms with van der Waals surface area (Å²) in [4.78, 5) is 7.16. The summed E-state index contributed by atoms with van der Waals surface area (Å²) in [7, 11) is 0. The molecule has 0 radical (unpaired) electrons. The first-order chi connectivity index (χ1) is 9.70. The Balaban J connectivity index is 1.97. The van der Waals surface area contributed by atoms with Crippen molar-refractivity contribution < 1.29 is 0 Å². The predicted molar refractivity (Wildman–Crippen MR) is 84.0 cm³/mol. The van der Waals surface area contributed by atoms with Crippen LogP contribution in [0.1, 0.15) is 24.1 Å². The maximum atomic E-state index is 6.52. The Bertz CT molecular complexity index is 626. The normalized spacial score (nSPS) is 19.9. The highest BCUT2D eigenvalue weighted by atomic mass is 35.5. The summed E-state index contributed by atoms with van der Waals surface area (Å²) in [6, 6.07) is 8.64. The minimum absolute atomic E-state index is 0.472. The average molecular weight is 290 g/mol. The topological polar surface area (TPSA) is 42.1 Å². The van der Waals surface area contributed by atoms with Crippen LogP contribution in [0.15, 0.2) is 24.3 Å². The molecule has 1 atom stereocenters. The number of nitrogens with zero attached hydrogens (tertiary/aromatic N) is 2. The van der Waals surface area contributed by atoms with Crippen LogP contribution in [0.5, 0.6) is 0 Å². The maximum Gasteiger partial charge on any atom is 0.0740 e. The van der Waals surface area contributed by atoms with Crippen LogP contribution in [0, 0.1) is 6.92 Å². The summed E-state index contributed by atoms with van der Waals surface area (Å²) >= 11 is 6.52. The second-order valence-electron chi connectivity index (χ2n) is 5.52. The van der Waals surface area contributed by atoms with Crippen molar-refractivity contribution in [1.82, 2.24) is 9.88 Å². The highest BCUT2D eigenvalue weighted by Gasteiger charge is 2.24. The van der Waals surface area contributed by atoms with Gasteiger partial charge in [-0.2, -0.15) is 0 Å². The number of rotatable bonds is 3. The van der Waals surface area contributed by atoms with Gasteiger partial charge in [0.25, 0.3) is 0 Å². The van der Waals surface area contributed by atoms with E-state index in [4.69, 9.17) is 22.3 Å². The van der Waals surface area contributed by atoms with Gasteiger partial charge in [-0.05, 0) is 37.9 Å². The predicted octanol–water partition coefficient (Wildman–Crippen LogP) is 3.12. The molecule has 0 aliphatic carbocycles. The van der Waals surface area contributed by atoms with E-state index >= 15 is 0 Å². The van der Waals surface area contributed by atoms with Gasteiger partial charge in [-0.15, -0.1) is 0 Å². The summed E-state index contributed by atoms with van der Waals surface area (Å²) in [5, 5.41) is 1.93. The molecule has 106 valence electrons. The molecule has 3 rings (SSSR count). The number of fused-ring (bicyclic) bond motifs is 1. The number of hydrogen-bond acceptors (Lipinski definition) is 3. The van der Waals surface area contributed by atoms with E-state index in [0.29, 0.717) is 12.6 Å². The standard InChI is InChI=1S/C16H20ClN3/c1-11-13-6-2-3-7-14(13)19-15(16(11)17)10-20-8-4-5-12(20)9-18/h2-3,6-7,12H,4-5,8-10,18H2,1H3. The number of aryl methyl sites for hydroxylation is 1. The zero-order valence-corrected chi connectivity index (χ0v) is 12.5. The fourth-order valence-electron chi connectivity index (χ4n) is 3.08. The van der Waals surface area contributed by atoms with E-state index in [1.165, 1.54) is 12.8 Å². The van der Waals surface area contributed by atoms with E-state index in [-0.39, 0.29) is 0 Å². The molecule has 2 heterocycles. The van der Waals surface area contributed by atoms with Crippen LogP contribution in [0.4, 0.5) is 0 Å². The fourth-order valence-corrected chi connectivity index (χ4v) is 3.29. The van der Waals surface area contributed by atoms with Gasteiger partial charge in [0, 0.05) is 24.5 Å². The Morgan fingerprint density at radius 1 is 1.40 bits per heavy atom. The number of aromatic nitrogens is 1. The van der Waals surface area contributed by atoms with Crippen LogP contribution < -0.4 is 5.73 Å². The van der Waals surface area contributed by atoms with Crippen molar-refractivity contribution in [3.63, 3.8) is 0 Å². The molecule has 1 saturated heterocycles. The van der Waals surface area contributed by atoms with Crippen LogP contribution in [0.3, 0.4) is 0 Å². The Hall–Kier alpha value is -1.16. The van der Waals surface area contributed by atoms with Gasteiger partial charge in [-0.25, -0.2) is 4.98 Å². The average Bonchev–Trinajstić information content (AvgIpc) is 2.92. The van der Waals surface area contributed by atoms with Crippen molar-refractivity contribution >= 4 is 22.5 Å². The molecule has 0 amide bonds. The Morgan fingerprint density at radius 3 is 3.00 bits per heavy atom. The van der Waals surface area contributed by atoms with Gasteiger partial charge >= 0.3 is 0 Å². The minimum Gasteiger partial charge on any atom is -0.329 e. The second-order valence-corrected chi connectivity index (χ2v) is 5.89. The molecular formula is C16H20ClN3. The number of hydrogen-bond donors (Lipinski definition) is 1. The summed E-state index contributed by atoms with van der Waals surface area (Å²) in [6.07, 6.45) is 2.40. The first-order valence-electron chi connectivity index (χ1n) is 7.18. The molecule has 1 aliphatic heterocycles. The molecule has 0 bridgehead atoms. The molecule has 0 saturated carbocycles. The number of para-hydroxylation sites is 1. The highest BCUT2D eigenvalue weighted by molar-refractivity contribution is 6.32. The molecule has 3 nitrogen and oxygen atoms in total. The molecule has 0 spiro atoms. The van der Waals surface area contributed by atoms with Crippen molar-refractivity contribution in [1.29, 1.82) is 0 Å². The summed E-state index contributed by atoms with van der Waals surface area (Å²) in [5.41, 5.74) is 8.96. The summed E-state index contributed by atoms with van der Waals surface area (Å²) < 4.78 is 0. The van der Waals surface area contributed by atoms with Gasteiger partial charge in [0.2, 0.25) is 0 Å². The van der Waals surface area contributed by atoms with Gasteiger partial charge < -0.3 is 5.73 Å². The molecule has 1 aliphatic rings. The summed E-state index contributed by atoms with van der Waals surface area (Å²) in [5.74, 6) is 0. The molecule has 1 unspecified atom stereocenters. The van der Waals surface area contributed by atoms with E-state index in [9.17, 15) is 0 Å². The zero-order chi connectivity index (χ0) is 14.1. The van der Waals surface area contributed by atoms with Crippen molar-refractivity contribution in [3.05, 3.63) is 40.5 Å². The first kappa shape index (κ1) is 13.8. The monoisotopic (exact) mass is 289 g/mol. The third kappa shape index (κ3) is 2.41. The summed E-state index contributed by atoms with van der Waals surface area (Å²) in [6.45, 7) is 4.67. The van der Waals surface area contributed by atoms with Gasteiger partial charge in [-0.1, -0.05) is 29.8 Å². The fraction of sp³-hybridized carbons (Fsp3) is 0.438. The Kier molecular flexibility index (Phi) is 3.92. The van der Waals surface area contributed by atoms with Crippen LogP contribution in [0.2, 0.25) is 5.02 Å². The Labute approximate surface area is 124 Å². The second kappa shape index (κ2) is 5.68. The quantitative estimate of drug-likeness (QED) is 0.944. The third-order valence-corrected chi connectivity index (χ3v) is 4.77. The van der Waals surface area contributed by atoms with Crippen LogP contribution in [0.25, 0.3) is 10.9 Å². The van der Waals surface area contributed by atoms with Gasteiger partial charge in [0.15, 0.2) is 0 Å². The van der Waals surface area contributed by atoms with Crippen LogP contribution in [-0.2, 0) is 6.54 Å².